The van der Waals surface area contributed by atoms with Crippen molar-refractivity contribution in [2.45, 2.75) is 50.6 Å². The number of aryl methyl sites for hydroxylation is 3. The van der Waals surface area contributed by atoms with Crippen LogP contribution in [0.2, 0.25) is 0 Å². The van der Waals surface area contributed by atoms with Crippen LogP contribution in [0.15, 0.2) is 94.7 Å². The summed E-state index contributed by atoms with van der Waals surface area (Å²) in [6, 6.07) is 28.5. The first-order chi connectivity index (χ1) is 20.7. The van der Waals surface area contributed by atoms with Crippen LogP contribution in [0.25, 0.3) is 11.1 Å². The lowest BCUT2D eigenvalue weighted by Gasteiger charge is -2.24. The van der Waals surface area contributed by atoms with Crippen molar-refractivity contribution in [2.24, 2.45) is 0 Å². The summed E-state index contributed by atoms with van der Waals surface area (Å²) < 4.78 is 7.49. The minimum Gasteiger partial charge on any atom is -0.479 e. The second-order valence-electron chi connectivity index (χ2n) is 10.2. The molecule has 0 saturated carbocycles. The fraction of sp³-hybridized carbons (Fsp3) is 0.257. The van der Waals surface area contributed by atoms with E-state index in [0.29, 0.717) is 12.1 Å². The third-order valence-corrected chi connectivity index (χ3v) is 8.47. The van der Waals surface area contributed by atoms with Gasteiger partial charge in [0.1, 0.15) is 6.29 Å². The highest BCUT2D eigenvalue weighted by molar-refractivity contribution is 7.97. The highest BCUT2D eigenvalue weighted by Crippen LogP contribution is 2.33. The minimum absolute atomic E-state index is 0.348. The van der Waals surface area contributed by atoms with Gasteiger partial charge in [-0.3, -0.25) is 8.98 Å². The number of nitrogens with zero attached hydrogens (tertiary/aromatic N) is 1. The van der Waals surface area contributed by atoms with Gasteiger partial charge in [-0.05, 0) is 97.9 Å². The van der Waals surface area contributed by atoms with Gasteiger partial charge in [0.15, 0.2) is 6.61 Å². The molecule has 0 saturated heterocycles. The van der Waals surface area contributed by atoms with E-state index >= 15 is 0 Å². The van der Waals surface area contributed by atoms with Crippen molar-refractivity contribution < 1.29 is 18.9 Å². The number of carbonyl (C=O) groups excluding carboxylic acids is 1. The Hall–Kier alpha value is -3.40. The molecule has 0 aliphatic heterocycles. The van der Waals surface area contributed by atoms with Crippen LogP contribution in [0.4, 0.5) is 0 Å². The van der Waals surface area contributed by atoms with Crippen LogP contribution in [-0.2, 0) is 22.1 Å². The summed E-state index contributed by atoms with van der Waals surface area (Å²) in [4.78, 5) is 24.2. The van der Waals surface area contributed by atoms with Crippen molar-refractivity contribution >= 4 is 36.2 Å². The molecular formula is C35H40N2O4S2. The molecule has 0 unspecified atom stereocenters. The van der Waals surface area contributed by atoms with Crippen molar-refractivity contribution in [1.82, 2.24) is 9.62 Å². The fourth-order valence-electron chi connectivity index (χ4n) is 4.41. The highest BCUT2D eigenvalue weighted by Gasteiger charge is 2.14. The molecule has 0 radical (unpaired) electrons. The SMILES string of the molecule is CCNC.Cc1cc(C)c(SN(Cc2ccc(-c3cccc(SOCC(=O)O)c3)cc2)Cc2cccc(C=O)c2)c(C)c1. The zero-order chi connectivity index (χ0) is 31.2. The Morgan fingerprint density at radius 2 is 1.53 bits per heavy atom. The lowest BCUT2D eigenvalue weighted by Crippen LogP contribution is -2.16. The Kier molecular flexibility index (Phi) is 14.0. The molecule has 0 aromatic heterocycles. The van der Waals surface area contributed by atoms with Crippen LogP contribution >= 0.6 is 24.0 Å². The molecule has 2 N–H and O–H groups in total. The molecule has 0 spiro atoms. The van der Waals surface area contributed by atoms with E-state index in [1.807, 2.05) is 49.5 Å². The Morgan fingerprint density at radius 1 is 0.884 bits per heavy atom. The van der Waals surface area contributed by atoms with E-state index in [1.165, 1.54) is 27.1 Å². The van der Waals surface area contributed by atoms with Gasteiger partial charge in [0.25, 0.3) is 0 Å². The predicted octanol–water partition coefficient (Wildman–Crippen LogP) is 8.13. The summed E-state index contributed by atoms with van der Waals surface area (Å²) in [7, 11) is 1.93. The normalized spacial score (nSPS) is 10.7. The predicted molar refractivity (Wildman–Crippen MR) is 179 cm³/mol. The molecule has 0 bridgehead atoms. The summed E-state index contributed by atoms with van der Waals surface area (Å²) in [6.07, 6.45) is 0.889. The maximum absolute atomic E-state index is 11.3. The van der Waals surface area contributed by atoms with Gasteiger partial charge < -0.3 is 10.4 Å². The van der Waals surface area contributed by atoms with Crippen molar-refractivity contribution in [3.05, 3.63) is 118 Å². The van der Waals surface area contributed by atoms with E-state index in [1.54, 1.807) is 11.9 Å². The molecule has 0 heterocycles. The van der Waals surface area contributed by atoms with Crippen molar-refractivity contribution in [1.29, 1.82) is 0 Å². The van der Waals surface area contributed by atoms with Crippen LogP contribution in [-0.4, -0.2) is 41.9 Å². The Labute approximate surface area is 264 Å². The van der Waals surface area contributed by atoms with E-state index < -0.39 is 5.97 Å². The average Bonchev–Trinajstić information content (AvgIpc) is 2.99. The molecular weight excluding hydrogens is 577 g/mol. The molecule has 226 valence electrons. The topological polar surface area (TPSA) is 78.9 Å². The number of nitrogens with one attached hydrogen (secondary N) is 1. The second kappa shape index (κ2) is 17.7. The van der Waals surface area contributed by atoms with Crippen molar-refractivity contribution in [2.75, 3.05) is 20.2 Å². The number of aliphatic carboxylic acids is 1. The van der Waals surface area contributed by atoms with E-state index in [-0.39, 0.29) is 6.61 Å². The lowest BCUT2D eigenvalue weighted by molar-refractivity contribution is -0.138. The standard InChI is InChI=1S/C32H31NO4S2.C3H9N/c1-22-14-23(2)32(24(3)15-22)38-33(19-26-6-4-7-27(16-26)20-34)18-25-10-12-28(13-11-25)29-8-5-9-30(17-29)39-37-21-31(35)36;1-3-4-2/h4-17,20H,18-19,21H2,1-3H3,(H,35,36);4H,3H2,1-2H3. The number of benzene rings is 4. The number of rotatable bonds is 13. The van der Waals surface area contributed by atoms with Gasteiger partial charge in [-0.25, -0.2) is 9.10 Å². The molecule has 6 nitrogen and oxygen atoms in total. The number of carboxylic acids is 1. The summed E-state index contributed by atoms with van der Waals surface area (Å²) in [6.45, 7) is 10.6. The maximum Gasteiger partial charge on any atom is 0.331 e. The van der Waals surface area contributed by atoms with Crippen LogP contribution in [0.5, 0.6) is 0 Å². The average molecular weight is 617 g/mol. The monoisotopic (exact) mass is 616 g/mol. The summed E-state index contributed by atoms with van der Waals surface area (Å²) in [5.74, 6) is -0.995. The van der Waals surface area contributed by atoms with Gasteiger partial charge in [0.05, 0.1) is 0 Å². The molecule has 4 aromatic rings. The first-order valence-corrected chi connectivity index (χ1v) is 15.6. The van der Waals surface area contributed by atoms with Crippen molar-refractivity contribution in [3.63, 3.8) is 0 Å². The quantitative estimate of drug-likeness (QED) is 0.0886. The third-order valence-electron chi connectivity index (χ3n) is 6.44. The zero-order valence-corrected chi connectivity index (χ0v) is 27.1. The molecule has 0 aliphatic rings. The van der Waals surface area contributed by atoms with Crippen LogP contribution in [0, 0.1) is 20.8 Å². The molecule has 4 rings (SSSR count). The van der Waals surface area contributed by atoms with Gasteiger partial charge in [0, 0.05) is 40.5 Å². The van der Waals surface area contributed by atoms with Gasteiger partial charge in [0.2, 0.25) is 0 Å². The molecule has 0 fully saturated rings. The van der Waals surface area contributed by atoms with Crippen molar-refractivity contribution in [3.8, 4) is 11.1 Å². The molecule has 0 aliphatic carbocycles. The highest BCUT2D eigenvalue weighted by atomic mass is 32.2. The number of carboxylic acid groups (broad SMARTS) is 1. The molecule has 8 heteroatoms. The van der Waals surface area contributed by atoms with Gasteiger partial charge in [-0.1, -0.05) is 79.2 Å². The number of aldehydes is 1. The zero-order valence-electron chi connectivity index (χ0n) is 25.4. The maximum atomic E-state index is 11.3. The van der Waals surface area contributed by atoms with E-state index in [9.17, 15) is 9.59 Å². The first-order valence-electron chi connectivity index (χ1n) is 14.1. The lowest BCUT2D eigenvalue weighted by atomic mass is 10.0. The van der Waals surface area contributed by atoms with Gasteiger partial charge in [-0.15, -0.1) is 0 Å². The number of carbonyl (C=O) groups is 2. The molecule has 0 atom stereocenters. The summed E-state index contributed by atoms with van der Waals surface area (Å²) in [5.41, 5.74) is 8.82. The number of hydrogen-bond acceptors (Lipinski definition) is 7. The van der Waals surface area contributed by atoms with E-state index in [2.05, 4.69) is 79.8 Å². The van der Waals surface area contributed by atoms with Gasteiger partial charge >= 0.3 is 5.97 Å². The Balaban J connectivity index is 0.00000119. The number of hydrogen-bond donors (Lipinski definition) is 2. The third kappa shape index (κ3) is 11.3. The van der Waals surface area contributed by atoms with Gasteiger partial charge in [-0.2, -0.15) is 0 Å². The fourth-order valence-corrected chi connectivity index (χ4v) is 6.11. The van der Waals surface area contributed by atoms with Crippen LogP contribution in [0.1, 0.15) is 45.1 Å². The largest absolute Gasteiger partial charge is 0.479 e. The molecule has 0 amide bonds. The van der Waals surface area contributed by atoms with Crippen LogP contribution in [0.3, 0.4) is 0 Å². The van der Waals surface area contributed by atoms with E-state index in [0.717, 1.165) is 53.0 Å². The van der Waals surface area contributed by atoms with E-state index in [4.69, 9.17) is 9.29 Å². The summed E-state index contributed by atoms with van der Waals surface area (Å²) >= 11 is 2.82. The Morgan fingerprint density at radius 3 is 2.16 bits per heavy atom. The molecule has 43 heavy (non-hydrogen) atoms. The first kappa shape index (κ1) is 34.1. The minimum atomic E-state index is -0.995. The summed E-state index contributed by atoms with van der Waals surface area (Å²) in [5, 5.41) is 11.7. The van der Waals surface area contributed by atoms with Crippen LogP contribution < -0.4 is 5.32 Å². The second-order valence-corrected chi connectivity index (χ2v) is 12.1. The smallest absolute Gasteiger partial charge is 0.331 e. The Bertz CT molecular complexity index is 1470. The molecule has 4 aromatic carbocycles.